The molecule has 1 atom stereocenters. The van der Waals surface area contributed by atoms with Gasteiger partial charge in [-0.05, 0) is 31.9 Å². The van der Waals surface area contributed by atoms with E-state index >= 15 is 0 Å². The number of hydrogen-bond donors (Lipinski definition) is 0. The Morgan fingerprint density at radius 1 is 1.33 bits per heavy atom. The van der Waals surface area contributed by atoms with Crippen LogP contribution in [0.15, 0.2) is 24.5 Å². The van der Waals surface area contributed by atoms with Gasteiger partial charge in [0.25, 0.3) is 0 Å². The molecule has 1 aromatic rings. The number of Topliss-reactive ketones (excluding diaryl/α,β-unsaturated/α-hetero) is 2. The minimum Gasteiger partial charge on any atom is -0.299 e. The molecule has 1 aromatic heterocycles. The fourth-order valence-electron chi connectivity index (χ4n) is 1.62. The smallest absolute Gasteiger partial charge is 0.173 e. The summed E-state index contributed by atoms with van der Waals surface area (Å²) in [5, 5.41) is 0. The van der Waals surface area contributed by atoms with E-state index in [1.165, 1.54) is 0 Å². The molecule has 0 amide bonds. The first-order valence-corrected chi connectivity index (χ1v) is 5.18. The molecular formula is C12H13NO2. The molecule has 1 aliphatic carbocycles. The van der Waals surface area contributed by atoms with E-state index in [1.807, 2.05) is 0 Å². The van der Waals surface area contributed by atoms with Gasteiger partial charge < -0.3 is 0 Å². The number of carbonyl (C=O) groups is 2. The van der Waals surface area contributed by atoms with Crippen molar-refractivity contribution in [2.24, 2.45) is 11.8 Å². The Labute approximate surface area is 88.5 Å². The zero-order valence-electron chi connectivity index (χ0n) is 8.64. The predicted molar refractivity (Wildman–Crippen MR) is 55.5 cm³/mol. The lowest BCUT2D eigenvalue weighted by Crippen LogP contribution is -2.22. The molecule has 3 heteroatoms. The topological polar surface area (TPSA) is 47.0 Å². The van der Waals surface area contributed by atoms with Gasteiger partial charge in [-0.15, -0.1) is 0 Å². The largest absolute Gasteiger partial charge is 0.299 e. The molecule has 1 saturated carbocycles. The number of hydrogen-bond acceptors (Lipinski definition) is 3. The van der Waals surface area contributed by atoms with Gasteiger partial charge in [0.15, 0.2) is 5.78 Å². The molecule has 15 heavy (non-hydrogen) atoms. The van der Waals surface area contributed by atoms with E-state index in [2.05, 4.69) is 4.98 Å². The summed E-state index contributed by atoms with van der Waals surface area (Å²) in [6.07, 6.45) is 5.04. The summed E-state index contributed by atoms with van der Waals surface area (Å²) < 4.78 is 0. The van der Waals surface area contributed by atoms with Crippen LogP contribution >= 0.6 is 0 Å². The Morgan fingerprint density at radius 3 is 2.47 bits per heavy atom. The molecule has 3 nitrogen and oxygen atoms in total. The van der Waals surface area contributed by atoms with E-state index in [1.54, 1.807) is 31.5 Å². The standard InChI is InChI=1S/C12H13NO2/c1-8(11(14)9-2-3-9)12(15)10-4-6-13-7-5-10/h4-9H,2-3H2,1H3. The monoisotopic (exact) mass is 203 g/mol. The molecule has 0 saturated heterocycles. The molecule has 1 aliphatic rings. The first-order valence-electron chi connectivity index (χ1n) is 5.18. The van der Waals surface area contributed by atoms with Crippen LogP contribution < -0.4 is 0 Å². The third-order valence-electron chi connectivity index (χ3n) is 2.76. The summed E-state index contributed by atoms with van der Waals surface area (Å²) in [4.78, 5) is 27.4. The van der Waals surface area contributed by atoms with Gasteiger partial charge in [0.1, 0.15) is 5.78 Å². The van der Waals surface area contributed by atoms with E-state index in [0.29, 0.717) is 5.56 Å². The molecule has 0 aliphatic heterocycles. The molecule has 0 radical (unpaired) electrons. The van der Waals surface area contributed by atoms with Crippen LogP contribution in [0, 0.1) is 11.8 Å². The highest BCUT2D eigenvalue weighted by Gasteiger charge is 2.35. The summed E-state index contributed by atoms with van der Waals surface area (Å²) in [7, 11) is 0. The number of pyridine rings is 1. The van der Waals surface area contributed by atoms with Gasteiger partial charge in [-0.3, -0.25) is 14.6 Å². The van der Waals surface area contributed by atoms with Crippen LogP contribution in [0.2, 0.25) is 0 Å². The van der Waals surface area contributed by atoms with Crippen molar-refractivity contribution in [3.8, 4) is 0 Å². The SMILES string of the molecule is CC(C(=O)c1ccncc1)C(=O)C1CC1. The third-order valence-corrected chi connectivity index (χ3v) is 2.76. The highest BCUT2D eigenvalue weighted by molar-refractivity contribution is 6.11. The van der Waals surface area contributed by atoms with Gasteiger partial charge >= 0.3 is 0 Å². The summed E-state index contributed by atoms with van der Waals surface area (Å²) in [6, 6.07) is 3.30. The maximum Gasteiger partial charge on any atom is 0.173 e. The Hall–Kier alpha value is -1.51. The Bertz CT molecular complexity index is 382. The molecule has 0 N–H and O–H groups in total. The van der Waals surface area contributed by atoms with Crippen LogP contribution in [0.4, 0.5) is 0 Å². The number of rotatable bonds is 4. The van der Waals surface area contributed by atoms with Crippen molar-refractivity contribution in [2.45, 2.75) is 19.8 Å². The van der Waals surface area contributed by atoms with Gasteiger partial charge in [-0.1, -0.05) is 0 Å². The molecule has 1 unspecified atom stereocenters. The van der Waals surface area contributed by atoms with Crippen molar-refractivity contribution >= 4 is 11.6 Å². The van der Waals surface area contributed by atoms with Crippen molar-refractivity contribution in [1.82, 2.24) is 4.98 Å². The highest BCUT2D eigenvalue weighted by atomic mass is 16.2. The van der Waals surface area contributed by atoms with Gasteiger partial charge in [0.05, 0.1) is 5.92 Å². The van der Waals surface area contributed by atoms with Crippen LogP contribution in [-0.4, -0.2) is 16.6 Å². The molecule has 2 rings (SSSR count). The molecule has 0 aromatic carbocycles. The highest BCUT2D eigenvalue weighted by Crippen LogP contribution is 2.33. The van der Waals surface area contributed by atoms with Gasteiger partial charge in [-0.2, -0.15) is 0 Å². The van der Waals surface area contributed by atoms with E-state index in [-0.39, 0.29) is 17.5 Å². The lowest BCUT2D eigenvalue weighted by Gasteiger charge is -2.08. The normalized spacial score (nSPS) is 17.1. The Kier molecular flexibility index (Phi) is 2.62. The molecule has 1 heterocycles. The van der Waals surface area contributed by atoms with Gasteiger partial charge in [-0.25, -0.2) is 0 Å². The van der Waals surface area contributed by atoms with Crippen LogP contribution in [0.3, 0.4) is 0 Å². The second kappa shape index (κ2) is 3.93. The molecular weight excluding hydrogens is 190 g/mol. The summed E-state index contributed by atoms with van der Waals surface area (Å²) in [5.41, 5.74) is 0.575. The molecule has 0 spiro atoms. The molecule has 0 bridgehead atoms. The average molecular weight is 203 g/mol. The fourth-order valence-corrected chi connectivity index (χ4v) is 1.62. The number of carbonyl (C=O) groups excluding carboxylic acids is 2. The lowest BCUT2D eigenvalue weighted by molar-refractivity contribution is -0.122. The van der Waals surface area contributed by atoms with Crippen molar-refractivity contribution in [3.05, 3.63) is 30.1 Å². The maximum atomic E-state index is 11.9. The molecule has 1 fully saturated rings. The zero-order chi connectivity index (χ0) is 10.8. The first-order chi connectivity index (χ1) is 7.20. The van der Waals surface area contributed by atoms with Crippen LogP contribution in [0.1, 0.15) is 30.1 Å². The van der Waals surface area contributed by atoms with E-state index in [0.717, 1.165) is 12.8 Å². The predicted octanol–water partition coefficient (Wildman–Crippen LogP) is 1.88. The van der Waals surface area contributed by atoms with Crippen molar-refractivity contribution in [1.29, 1.82) is 0 Å². The quantitative estimate of drug-likeness (QED) is 0.554. The Balaban J connectivity index is 2.10. The second-order valence-electron chi connectivity index (χ2n) is 4.00. The van der Waals surface area contributed by atoms with Crippen molar-refractivity contribution in [3.63, 3.8) is 0 Å². The maximum absolute atomic E-state index is 11.9. The van der Waals surface area contributed by atoms with Crippen LogP contribution in [0.25, 0.3) is 0 Å². The minimum absolute atomic E-state index is 0.0886. The lowest BCUT2D eigenvalue weighted by atomic mass is 9.94. The van der Waals surface area contributed by atoms with Crippen LogP contribution in [-0.2, 0) is 4.79 Å². The van der Waals surface area contributed by atoms with E-state index < -0.39 is 5.92 Å². The van der Waals surface area contributed by atoms with Gasteiger partial charge in [0.2, 0.25) is 0 Å². The number of ketones is 2. The van der Waals surface area contributed by atoms with Crippen molar-refractivity contribution in [2.75, 3.05) is 0 Å². The van der Waals surface area contributed by atoms with E-state index in [9.17, 15) is 9.59 Å². The third kappa shape index (κ3) is 2.12. The Morgan fingerprint density at radius 2 is 1.93 bits per heavy atom. The zero-order valence-corrected chi connectivity index (χ0v) is 8.64. The molecule has 78 valence electrons. The average Bonchev–Trinajstić information content (AvgIpc) is 3.11. The van der Waals surface area contributed by atoms with Gasteiger partial charge in [0, 0.05) is 23.9 Å². The van der Waals surface area contributed by atoms with Crippen LogP contribution in [0.5, 0.6) is 0 Å². The van der Waals surface area contributed by atoms with Crippen molar-refractivity contribution < 1.29 is 9.59 Å². The number of nitrogens with zero attached hydrogens (tertiary/aromatic N) is 1. The summed E-state index contributed by atoms with van der Waals surface area (Å²) in [6.45, 7) is 1.70. The second-order valence-corrected chi connectivity index (χ2v) is 4.00. The first kappa shape index (κ1) is 10.0. The summed E-state index contributed by atoms with van der Waals surface area (Å²) in [5.74, 6) is -0.350. The fraction of sp³-hybridized carbons (Fsp3) is 0.417. The number of aromatic nitrogens is 1. The minimum atomic E-state index is -0.500. The summed E-state index contributed by atoms with van der Waals surface area (Å²) >= 11 is 0. The van der Waals surface area contributed by atoms with E-state index in [4.69, 9.17) is 0 Å².